The maximum atomic E-state index is 9.17. The predicted octanol–water partition coefficient (Wildman–Crippen LogP) is 3.03. The van der Waals surface area contributed by atoms with Gasteiger partial charge < -0.3 is 0 Å². The summed E-state index contributed by atoms with van der Waals surface area (Å²) >= 11 is 0. The first-order valence-electron chi connectivity index (χ1n) is 6.09. The minimum Gasteiger partial charge on any atom is -0.298 e. The van der Waals surface area contributed by atoms with Crippen LogP contribution in [0.2, 0.25) is 0 Å². The molecule has 0 aromatic heterocycles. The lowest BCUT2D eigenvalue weighted by atomic mass is 10.0. The molecule has 1 N–H and O–H groups in total. The topological polar surface area (TPSA) is 84.6 Å². The van der Waals surface area contributed by atoms with Gasteiger partial charge in [-0.1, -0.05) is 29.4 Å². The van der Waals surface area contributed by atoms with Crippen LogP contribution in [-0.4, -0.2) is 13.1 Å². The molecule has 5 heteroatoms. The number of nitrogens with zero attached hydrogens (tertiary/aromatic N) is 4. The Labute approximate surface area is 106 Å². The molecule has 0 amide bonds. The molecule has 1 aliphatic carbocycles. The summed E-state index contributed by atoms with van der Waals surface area (Å²) < 4.78 is 0. The standard InChI is InChI=1S/C13H15N5/c14-9-13(16-6-7-17-18-15)12-3-1-2-11(8-12)10-4-5-10/h1-3,8,10,13,16H,4-7H2. The zero-order chi connectivity index (χ0) is 12.8. The summed E-state index contributed by atoms with van der Waals surface area (Å²) in [5.41, 5.74) is 10.5. The Morgan fingerprint density at radius 1 is 1.56 bits per heavy atom. The number of rotatable bonds is 6. The molecule has 18 heavy (non-hydrogen) atoms. The fraction of sp³-hybridized carbons (Fsp3) is 0.462. The van der Waals surface area contributed by atoms with E-state index in [1.165, 1.54) is 18.4 Å². The maximum absolute atomic E-state index is 9.17. The van der Waals surface area contributed by atoms with Crippen molar-refractivity contribution in [3.63, 3.8) is 0 Å². The first kappa shape index (κ1) is 12.4. The lowest BCUT2D eigenvalue weighted by Gasteiger charge is -2.12. The second kappa shape index (κ2) is 6.06. The molecule has 1 fully saturated rings. The quantitative estimate of drug-likeness (QED) is 0.359. The van der Waals surface area contributed by atoms with Crippen molar-refractivity contribution in [2.24, 2.45) is 5.11 Å². The molecule has 5 nitrogen and oxygen atoms in total. The first-order chi connectivity index (χ1) is 8.85. The Morgan fingerprint density at radius 3 is 3.06 bits per heavy atom. The summed E-state index contributed by atoms with van der Waals surface area (Å²) in [5, 5.41) is 15.7. The van der Waals surface area contributed by atoms with Crippen LogP contribution in [0.25, 0.3) is 10.4 Å². The highest BCUT2D eigenvalue weighted by atomic mass is 15.1. The van der Waals surface area contributed by atoms with E-state index in [0.29, 0.717) is 19.0 Å². The molecule has 1 atom stereocenters. The van der Waals surface area contributed by atoms with Gasteiger partial charge in [-0.25, -0.2) is 0 Å². The van der Waals surface area contributed by atoms with E-state index in [1.54, 1.807) is 0 Å². The molecule has 0 radical (unpaired) electrons. The molecule has 0 heterocycles. The Hall–Kier alpha value is -2.02. The molecule has 1 saturated carbocycles. The summed E-state index contributed by atoms with van der Waals surface area (Å²) in [4.78, 5) is 2.68. The average Bonchev–Trinajstić information content (AvgIpc) is 3.23. The molecule has 1 aromatic rings. The van der Waals surface area contributed by atoms with E-state index >= 15 is 0 Å². The first-order valence-corrected chi connectivity index (χ1v) is 6.09. The predicted molar refractivity (Wildman–Crippen MR) is 68.8 cm³/mol. The van der Waals surface area contributed by atoms with Crippen molar-refractivity contribution in [2.45, 2.75) is 24.8 Å². The highest BCUT2D eigenvalue weighted by Crippen LogP contribution is 2.40. The van der Waals surface area contributed by atoms with Crippen LogP contribution in [0.15, 0.2) is 29.4 Å². The molecule has 0 aliphatic heterocycles. The van der Waals surface area contributed by atoms with E-state index in [0.717, 1.165) is 5.56 Å². The number of azide groups is 1. The third-order valence-electron chi connectivity index (χ3n) is 3.05. The minimum atomic E-state index is -0.336. The lowest BCUT2D eigenvalue weighted by Crippen LogP contribution is -2.22. The van der Waals surface area contributed by atoms with Gasteiger partial charge in [0.1, 0.15) is 6.04 Å². The van der Waals surface area contributed by atoms with Gasteiger partial charge in [0, 0.05) is 18.0 Å². The van der Waals surface area contributed by atoms with E-state index in [2.05, 4.69) is 33.5 Å². The summed E-state index contributed by atoms with van der Waals surface area (Å²) in [5.74, 6) is 0.687. The van der Waals surface area contributed by atoms with Crippen LogP contribution in [0.4, 0.5) is 0 Å². The zero-order valence-corrected chi connectivity index (χ0v) is 10.1. The third kappa shape index (κ3) is 3.24. The second-order valence-corrected chi connectivity index (χ2v) is 4.42. The van der Waals surface area contributed by atoms with Crippen molar-refractivity contribution >= 4 is 0 Å². The molecule has 2 rings (SSSR count). The largest absolute Gasteiger partial charge is 0.298 e. The molecule has 1 aromatic carbocycles. The summed E-state index contributed by atoms with van der Waals surface area (Å²) in [6.07, 6.45) is 2.51. The fourth-order valence-corrected chi connectivity index (χ4v) is 1.95. The van der Waals surface area contributed by atoms with Crippen molar-refractivity contribution in [3.05, 3.63) is 45.8 Å². The highest BCUT2D eigenvalue weighted by Gasteiger charge is 2.24. The number of hydrogen-bond acceptors (Lipinski definition) is 3. The second-order valence-electron chi connectivity index (χ2n) is 4.42. The zero-order valence-electron chi connectivity index (χ0n) is 10.1. The normalized spacial score (nSPS) is 15.5. The van der Waals surface area contributed by atoms with E-state index in [9.17, 15) is 0 Å². The van der Waals surface area contributed by atoms with Crippen molar-refractivity contribution in [1.29, 1.82) is 5.26 Å². The molecule has 92 valence electrons. The number of benzene rings is 1. The van der Waals surface area contributed by atoms with E-state index in [-0.39, 0.29) is 6.04 Å². The van der Waals surface area contributed by atoms with Crippen molar-refractivity contribution in [2.75, 3.05) is 13.1 Å². The van der Waals surface area contributed by atoms with Crippen LogP contribution in [0.5, 0.6) is 0 Å². The van der Waals surface area contributed by atoms with Gasteiger partial charge in [-0.2, -0.15) is 5.26 Å². The summed E-state index contributed by atoms with van der Waals surface area (Å²) in [6.45, 7) is 0.868. The molecule has 0 spiro atoms. The number of nitrogens with one attached hydrogen (secondary N) is 1. The van der Waals surface area contributed by atoms with Crippen molar-refractivity contribution in [3.8, 4) is 6.07 Å². The van der Waals surface area contributed by atoms with E-state index in [1.807, 2.05) is 12.1 Å². The van der Waals surface area contributed by atoms with Gasteiger partial charge >= 0.3 is 0 Å². The van der Waals surface area contributed by atoms with Crippen LogP contribution in [-0.2, 0) is 0 Å². The van der Waals surface area contributed by atoms with Crippen LogP contribution in [0.1, 0.15) is 35.9 Å². The maximum Gasteiger partial charge on any atom is 0.121 e. The monoisotopic (exact) mass is 241 g/mol. The summed E-state index contributed by atoms with van der Waals surface area (Å²) in [6, 6.07) is 10.1. The molecule has 0 saturated heterocycles. The lowest BCUT2D eigenvalue weighted by molar-refractivity contribution is 0.634. The Morgan fingerprint density at radius 2 is 2.39 bits per heavy atom. The highest BCUT2D eigenvalue weighted by molar-refractivity contribution is 5.33. The molecular formula is C13H15N5. The van der Waals surface area contributed by atoms with Crippen LogP contribution in [0, 0.1) is 11.3 Å². The molecule has 1 unspecified atom stereocenters. The van der Waals surface area contributed by atoms with Gasteiger partial charge in [0.15, 0.2) is 0 Å². The number of nitriles is 1. The third-order valence-corrected chi connectivity index (χ3v) is 3.05. The van der Waals surface area contributed by atoms with Gasteiger partial charge in [0.05, 0.1) is 6.07 Å². The van der Waals surface area contributed by atoms with Gasteiger partial charge in [-0.3, -0.25) is 5.32 Å². The SMILES string of the molecule is N#CC(NCCN=[N+]=[N-])c1cccc(C2CC2)c1. The molecule has 0 bridgehead atoms. The van der Waals surface area contributed by atoms with Gasteiger partial charge in [-0.05, 0) is 35.4 Å². The van der Waals surface area contributed by atoms with Gasteiger partial charge in [-0.15, -0.1) is 0 Å². The molecular weight excluding hydrogens is 226 g/mol. The van der Waals surface area contributed by atoms with Crippen LogP contribution < -0.4 is 5.32 Å². The summed E-state index contributed by atoms with van der Waals surface area (Å²) in [7, 11) is 0. The van der Waals surface area contributed by atoms with Gasteiger partial charge in [0.25, 0.3) is 0 Å². The van der Waals surface area contributed by atoms with E-state index < -0.39 is 0 Å². The van der Waals surface area contributed by atoms with Crippen molar-refractivity contribution < 1.29 is 0 Å². The van der Waals surface area contributed by atoms with Crippen LogP contribution in [0.3, 0.4) is 0 Å². The Balaban J connectivity index is 2.00. The Bertz CT molecular complexity index is 494. The molecule has 1 aliphatic rings. The van der Waals surface area contributed by atoms with E-state index in [4.69, 9.17) is 10.8 Å². The van der Waals surface area contributed by atoms with Crippen molar-refractivity contribution in [1.82, 2.24) is 5.32 Å². The fourth-order valence-electron chi connectivity index (χ4n) is 1.95. The minimum absolute atomic E-state index is 0.336. The van der Waals surface area contributed by atoms with Crippen LogP contribution >= 0.6 is 0 Å². The Kier molecular flexibility index (Phi) is 4.19. The smallest absolute Gasteiger partial charge is 0.121 e. The van der Waals surface area contributed by atoms with Gasteiger partial charge in [0.2, 0.25) is 0 Å². The average molecular weight is 241 g/mol. The number of hydrogen-bond donors (Lipinski definition) is 1.